The van der Waals surface area contributed by atoms with E-state index in [1.165, 1.54) is 12.5 Å². The number of carbonyl (C=O) groups excluding carboxylic acids is 2. The lowest BCUT2D eigenvalue weighted by molar-refractivity contribution is 0.0473. The van der Waals surface area contributed by atoms with Gasteiger partial charge >= 0.3 is 5.97 Å². The summed E-state index contributed by atoms with van der Waals surface area (Å²) in [4.78, 5) is 24.1. The largest absolute Gasteiger partial charge is 0.472 e. The molecule has 6 heteroatoms. The maximum absolute atomic E-state index is 12.1. The molecule has 0 unspecified atom stereocenters. The second-order valence-electron chi connectivity index (χ2n) is 5.44. The van der Waals surface area contributed by atoms with Crippen LogP contribution in [0.4, 0.5) is 5.69 Å². The van der Waals surface area contributed by atoms with E-state index in [0.29, 0.717) is 23.4 Å². The van der Waals surface area contributed by atoms with E-state index in [9.17, 15) is 9.59 Å². The van der Waals surface area contributed by atoms with Gasteiger partial charge in [-0.3, -0.25) is 4.79 Å². The number of hydrogen-bond donors (Lipinski definition) is 2. The molecule has 1 aliphatic rings. The Hall–Kier alpha value is -2.60. The molecule has 23 heavy (non-hydrogen) atoms. The Morgan fingerprint density at radius 2 is 2.22 bits per heavy atom. The molecule has 3 rings (SSSR count). The zero-order valence-corrected chi connectivity index (χ0v) is 12.6. The SMILES string of the molecule is O=C(Nc1cccc(C(=O)OC[C@H]2CCCN2)c1)c1ccoc1. The lowest BCUT2D eigenvalue weighted by Crippen LogP contribution is -2.28. The monoisotopic (exact) mass is 314 g/mol. The van der Waals surface area contributed by atoms with Gasteiger partial charge in [0.15, 0.2) is 0 Å². The van der Waals surface area contributed by atoms with Crippen molar-refractivity contribution in [1.29, 1.82) is 0 Å². The van der Waals surface area contributed by atoms with Gasteiger partial charge in [0.2, 0.25) is 0 Å². The average molecular weight is 314 g/mol. The molecule has 120 valence electrons. The van der Waals surface area contributed by atoms with Gasteiger partial charge in [-0.25, -0.2) is 4.79 Å². The van der Waals surface area contributed by atoms with Crippen LogP contribution >= 0.6 is 0 Å². The maximum atomic E-state index is 12.1. The number of nitrogens with one attached hydrogen (secondary N) is 2. The van der Waals surface area contributed by atoms with Gasteiger partial charge in [-0.05, 0) is 43.7 Å². The van der Waals surface area contributed by atoms with E-state index in [0.717, 1.165) is 19.4 Å². The topological polar surface area (TPSA) is 80.6 Å². The van der Waals surface area contributed by atoms with Crippen molar-refractivity contribution in [3.8, 4) is 0 Å². The molecule has 1 atom stereocenters. The molecule has 1 saturated heterocycles. The molecule has 0 aliphatic carbocycles. The van der Waals surface area contributed by atoms with Gasteiger partial charge in [-0.2, -0.15) is 0 Å². The van der Waals surface area contributed by atoms with E-state index in [-0.39, 0.29) is 11.9 Å². The predicted molar refractivity (Wildman–Crippen MR) is 84.4 cm³/mol. The standard InChI is InChI=1S/C17H18N2O4/c20-16(13-6-8-22-10-13)19-14-4-1-3-12(9-14)17(21)23-11-15-5-2-7-18-15/h1,3-4,6,8-10,15,18H,2,5,7,11H2,(H,19,20)/t15-/m1/s1. The third-order valence-corrected chi connectivity index (χ3v) is 3.72. The second-order valence-corrected chi connectivity index (χ2v) is 5.44. The average Bonchev–Trinajstić information content (AvgIpc) is 3.26. The highest BCUT2D eigenvalue weighted by molar-refractivity contribution is 6.04. The Morgan fingerprint density at radius 3 is 2.96 bits per heavy atom. The molecular weight excluding hydrogens is 296 g/mol. The van der Waals surface area contributed by atoms with Gasteiger partial charge in [-0.1, -0.05) is 6.07 Å². The summed E-state index contributed by atoms with van der Waals surface area (Å²) in [5.41, 5.74) is 1.36. The number of esters is 1. The smallest absolute Gasteiger partial charge is 0.338 e. The fraction of sp³-hybridized carbons (Fsp3) is 0.294. The molecule has 1 fully saturated rings. The summed E-state index contributed by atoms with van der Waals surface area (Å²) in [5, 5.41) is 5.99. The Balaban J connectivity index is 1.60. The van der Waals surface area contributed by atoms with Gasteiger partial charge in [0, 0.05) is 11.7 Å². The second kappa shape index (κ2) is 7.11. The van der Waals surface area contributed by atoms with Crippen LogP contribution in [-0.4, -0.2) is 31.1 Å². The maximum Gasteiger partial charge on any atom is 0.338 e. The lowest BCUT2D eigenvalue weighted by Gasteiger charge is -2.11. The van der Waals surface area contributed by atoms with Crippen LogP contribution in [-0.2, 0) is 4.74 Å². The van der Waals surface area contributed by atoms with Crippen molar-refractivity contribution in [3.05, 3.63) is 54.0 Å². The van der Waals surface area contributed by atoms with Crippen LogP contribution in [0.1, 0.15) is 33.6 Å². The number of rotatable bonds is 5. The number of ether oxygens (including phenoxy) is 1. The minimum atomic E-state index is -0.391. The number of amides is 1. The molecule has 0 bridgehead atoms. The minimum Gasteiger partial charge on any atom is -0.472 e. The molecule has 1 aromatic carbocycles. The molecule has 2 heterocycles. The van der Waals surface area contributed by atoms with Crippen molar-refractivity contribution in [2.24, 2.45) is 0 Å². The summed E-state index contributed by atoms with van der Waals surface area (Å²) in [5.74, 6) is -0.683. The molecule has 0 saturated carbocycles. The summed E-state index contributed by atoms with van der Waals surface area (Å²) >= 11 is 0. The first-order valence-corrected chi connectivity index (χ1v) is 7.56. The third-order valence-electron chi connectivity index (χ3n) is 3.72. The molecule has 1 aliphatic heterocycles. The van der Waals surface area contributed by atoms with Gasteiger partial charge in [-0.15, -0.1) is 0 Å². The van der Waals surface area contributed by atoms with Gasteiger partial charge in [0.05, 0.1) is 17.4 Å². The summed E-state index contributed by atoms with van der Waals surface area (Å²) < 4.78 is 10.2. The van der Waals surface area contributed by atoms with Crippen molar-refractivity contribution < 1.29 is 18.7 Å². The van der Waals surface area contributed by atoms with E-state index in [1.54, 1.807) is 30.3 Å². The van der Waals surface area contributed by atoms with Crippen molar-refractivity contribution in [2.75, 3.05) is 18.5 Å². The lowest BCUT2D eigenvalue weighted by atomic mass is 10.2. The van der Waals surface area contributed by atoms with Crippen molar-refractivity contribution in [1.82, 2.24) is 5.32 Å². The van der Waals surface area contributed by atoms with Crippen LogP contribution in [0.3, 0.4) is 0 Å². The van der Waals surface area contributed by atoms with Gasteiger partial charge in [0.25, 0.3) is 5.91 Å². The Labute approximate surface area is 133 Å². The summed E-state index contributed by atoms with van der Waals surface area (Å²) in [7, 11) is 0. The van der Waals surface area contributed by atoms with Crippen molar-refractivity contribution in [3.63, 3.8) is 0 Å². The Morgan fingerprint density at radius 1 is 1.30 bits per heavy atom. The first kappa shape index (κ1) is 15.3. The van der Waals surface area contributed by atoms with Crippen LogP contribution in [0.5, 0.6) is 0 Å². The van der Waals surface area contributed by atoms with E-state index in [1.807, 2.05) is 0 Å². The fourth-order valence-corrected chi connectivity index (χ4v) is 2.48. The molecule has 0 radical (unpaired) electrons. The summed E-state index contributed by atoms with van der Waals surface area (Å²) in [6.07, 6.45) is 4.92. The number of anilines is 1. The highest BCUT2D eigenvalue weighted by Gasteiger charge is 2.17. The van der Waals surface area contributed by atoms with Crippen LogP contribution in [0.2, 0.25) is 0 Å². The summed E-state index contributed by atoms with van der Waals surface area (Å²) in [6.45, 7) is 1.34. The molecule has 2 N–H and O–H groups in total. The van der Waals surface area contributed by atoms with E-state index in [4.69, 9.17) is 9.15 Å². The number of carbonyl (C=O) groups is 2. The van der Waals surface area contributed by atoms with Crippen LogP contribution in [0.25, 0.3) is 0 Å². The molecule has 1 amide bonds. The van der Waals surface area contributed by atoms with Crippen LogP contribution in [0, 0.1) is 0 Å². The molecule has 2 aromatic rings. The molecular formula is C17H18N2O4. The highest BCUT2D eigenvalue weighted by atomic mass is 16.5. The minimum absolute atomic E-state index is 0.239. The quantitative estimate of drug-likeness (QED) is 0.829. The normalized spacial score (nSPS) is 17.0. The highest BCUT2D eigenvalue weighted by Crippen LogP contribution is 2.14. The fourth-order valence-electron chi connectivity index (χ4n) is 2.48. The van der Waals surface area contributed by atoms with Gasteiger partial charge < -0.3 is 19.8 Å². The zero-order chi connectivity index (χ0) is 16.1. The van der Waals surface area contributed by atoms with Crippen molar-refractivity contribution >= 4 is 17.6 Å². The first-order chi connectivity index (χ1) is 11.2. The van der Waals surface area contributed by atoms with Crippen LogP contribution in [0.15, 0.2) is 47.3 Å². The number of furan rings is 1. The van der Waals surface area contributed by atoms with Crippen molar-refractivity contribution in [2.45, 2.75) is 18.9 Å². The van der Waals surface area contributed by atoms with Crippen LogP contribution < -0.4 is 10.6 Å². The Bertz CT molecular complexity index is 676. The molecule has 0 spiro atoms. The summed E-state index contributed by atoms with van der Waals surface area (Å²) in [6, 6.07) is 8.49. The number of benzene rings is 1. The predicted octanol–water partition coefficient (Wildman–Crippen LogP) is 2.44. The number of hydrogen-bond acceptors (Lipinski definition) is 5. The molecule has 6 nitrogen and oxygen atoms in total. The Kier molecular flexibility index (Phi) is 4.73. The molecule has 1 aromatic heterocycles. The first-order valence-electron chi connectivity index (χ1n) is 7.56. The third kappa shape index (κ3) is 3.98. The van der Waals surface area contributed by atoms with Gasteiger partial charge in [0.1, 0.15) is 12.9 Å². The van der Waals surface area contributed by atoms with E-state index < -0.39 is 5.97 Å². The zero-order valence-electron chi connectivity index (χ0n) is 12.6. The van der Waals surface area contributed by atoms with E-state index in [2.05, 4.69) is 10.6 Å². The van der Waals surface area contributed by atoms with E-state index >= 15 is 0 Å².